The second kappa shape index (κ2) is 14.5. The van der Waals surface area contributed by atoms with Crippen molar-refractivity contribution in [2.75, 3.05) is 19.6 Å². The van der Waals surface area contributed by atoms with Gasteiger partial charge in [-0.25, -0.2) is 4.79 Å². The summed E-state index contributed by atoms with van der Waals surface area (Å²) in [5, 5.41) is 2.10. The van der Waals surface area contributed by atoms with Gasteiger partial charge in [0.1, 0.15) is 18.0 Å². The van der Waals surface area contributed by atoms with Crippen LogP contribution >= 0.6 is 11.8 Å². The number of benzene rings is 2. The summed E-state index contributed by atoms with van der Waals surface area (Å²) < 4.78 is 38.2. The van der Waals surface area contributed by atoms with Crippen molar-refractivity contribution >= 4 is 46.1 Å². The van der Waals surface area contributed by atoms with Gasteiger partial charge in [-0.2, -0.15) is 8.42 Å². The second-order valence-corrected chi connectivity index (χ2v) is 13.9. The maximum absolute atomic E-state index is 13.4. The molecule has 0 radical (unpaired) electrons. The minimum absolute atomic E-state index is 0.0204. The summed E-state index contributed by atoms with van der Waals surface area (Å²) in [5.41, 5.74) is -1.15. The lowest BCUT2D eigenvalue weighted by molar-refractivity contribution is -0.180. The van der Waals surface area contributed by atoms with E-state index in [1.54, 1.807) is 50.2 Å². The Morgan fingerprint density at radius 2 is 1.59 bits per heavy atom. The zero-order valence-corrected chi connectivity index (χ0v) is 27.1. The number of ether oxygens (including phenoxy) is 1. The van der Waals surface area contributed by atoms with E-state index in [2.05, 4.69) is 36.3 Å². The average Bonchev–Trinajstić information content (AvgIpc) is 3.20. The number of hydrogen-bond donors (Lipinski definition) is 3. The Hall–Kier alpha value is -3.46. The summed E-state index contributed by atoms with van der Waals surface area (Å²) in [6.45, 7) is 13.3. The number of β-lactam (4-membered cyclic amide) rings is 1. The highest BCUT2D eigenvalue weighted by molar-refractivity contribution is 8.01. The van der Waals surface area contributed by atoms with Gasteiger partial charge in [0.25, 0.3) is 16.0 Å². The first-order valence-corrected chi connectivity index (χ1v) is 16.6. The fraction of sp³-hybridized carbons (Fsp3) is 0.467. The van der Waals surface area contributed by atoms with Gasteiger partial charge < -0.3 is 20.3 Å². The van der Waals surface area contributed by atoms with E-state index in [-0.39, 0.29) is 12.2 Å². The lowest BCUT2D eigenvalue weighted by atomic mass is 9.88. The van der Waals surface area contributed by atoms with E-state index in [1.165, 1.54) is 43.9 Å². The molecular formula is C30H40N4O8S2. The molecule has 240 valence electrons. The first-order chi connectivity index (χ1) is 20.8. The van der Waals surface area contributed by atoms with Gasteiger partial charge in [-0.1, -0.05) is 81.4 Å². The number of fused-ring (bicyclic) bond motifs is 1. The highest BCUT2D eigenvalue weighted by Crippen LogP contribution is 2.56. The summed E-state index contributed by atoms with van der Waals surface area (Å²) >= 11 is 1.14. The van der Waals surface area contributed by atoms with Crippen LogP contribution in [0.1, 0.15) is 51.0 Å². The van der Waals surface area contributed by atoms with E-state index in [1.807, 2.05) is 0 Å². The molecule has 2 aromatic carbocycles. The molecule has 2 saturated heterocycles. The van der Waals surface area contributed by atoms with Crippen molar-refractivity contribution in [1.29, 1.82) is 0 Å². The predicted octanol–water partition coefficient (Wildman–Crippen LogP) is 2.33. The van der Waals surface area contributed by atoms with E-state index < -0.39 is 55.0 Å². The number of nitrogens with one attached hydrogen (secondary N) is 2. The maximum Gasteiger partial charge on any atom is 0.355 e. The first kappa shape index (κ1) is 35.0. The number of rotatable bonds is 12. The van der Waals surface area contributed by atoms with Gasteiger partial charge in [0.15, 0.2) is 5.25 Å². The largest absolute Gasteiger partial charge is 0.458 e. The Labute approximate surface area is 262 Å². The highest BCUT2D eigenvalue weighted by Gasteiger charge is 2.74. The van der Waals surface area contributed by atoms with Crippen LogP contribution in [0.2, 0.25) is 0 Å². The molecule has 0 saturated carbocycles. The quantitative estimate of drug-likeness (QED) is 0.135. The van der Waals surface area contributed by atoms with E-state index in [0.29, 0.717) is 12.0 Å². The van der Waals surface area contributed by atoms with Crippen LogP contribution in [0, 0.1) is 0 Å². The van der Waals surface area contributed by atoms with Gasteiger partial charge in [0, 0.05) is 0 Å². The number of esters is 1. The Morgan fingerprint density at radius 1 is 1.05 bits per heavy atom. The Balaban J connectivity index is 0.000000676. The highest BCUT2D eigenvalue weighted by atomic mass is 32.2. The molecule has 4 rings (SSSR count). The van der Waals surface area contributed by atoms with Crippen molar-refractivity contribution in [1.82, 2.24) is 20.4 Å². The van der Waals surface area contributed by atoms with Crippen LogP contribution in [0.3, 0.4) is 0 Å². The Bertz CT molecular complexity index is 1420. The van der Waals surface area contributed by atoms with Gasteiger partial charge in [0.05, 0.1) is 4.75 Å². The second-order valence-electron chi connectivity index (χ2n) is 10.7. The van der Waals surface area contributed by atoms with Gasteiger partial charge in [-0.05, 0) is 44.6 Å². The molecule has 0 unspecified atom stereocenters. The number of carbonyl (C=O) groups is 4. The van der Waals surface area contributed by atoms with Crippen LogP contribution in [0.4, 0.5) is 0 Å². The molecule has 12 nitrogen and oxygen atoms in total. The molecule has 3 N–H and O–H groups in total. The van der Waals surface area contributed by atoms with Crippen molar-refractivity contribution in [3.05, 3.63) is 71.8 Å². The lowest BCUT2D eigenvalue weighted by Gasteiger charge is -2.49. The predicted molar refractivity (Wildman–Crippen MR) is 167 cm³/mol. The smallest absolute Gasteiger partial charge is 0.355 e. The van der Waals surface area contributed by atoms with Gasteiger partial charge >= 0.3 is 5.97 Å². The van der Waals surface area contributed by atoms with Crippen LogP contribution in [0.15, 0.2) is 60.7 Å². The molecule has 3 amide bonds. The van der Waals surface area contributed by atoms with Crippen molar-refractivity contribution in [3.8, 4) is 0 Å². The molecular weight excluding hydrogens is 608 g/mol. The SMILES string of the molecule is CC1(C)S[C@@H]2[C@@H](NC(=O)[C@@H](c3ccccc3)S(=O)(=O)O)C(=O)N2[C@@]1(NC=O)C(=O)OCc1ccccc1.CCN(CC)CC. The summed E-state index contributed by atoms with van der Waals surface area (Å²) in [6, 6.07) is 15.0. The molecule has 14 heteroatoms. The van der Waals surface area contributed by atoms with Gasteiger partial charge in [-0.15, -0.1) is 11.8 Å². The lowest BCUT2D eigenvalue weighted by Crippen LogP contribution is -2.79. The monoisotopic (exact) mass is 648 g/mol. The summed E-state index contributed by atoms with van der Waals surface area (Å²) in [7, 11) is -4.86. The van der Waals surface area contributed by atoms with Gasteiger partial charge in [-0.3, -0.25) is 23.8 Å². The fourth-order valence-corrected chi connectivity index (χ4v) is 7.84. The number of nitrogens with zero attached hydrogens (tertiary/aromatic N) is 2. The third-order valence-corrected chi connectivity index (χ3v) is 10.4. The zero-order valence-electron chi connectivity index (χ0n) is 25.4. The van der Waals surface area contributed by atoms with E-state index in [9.17, 15) is 32.1 Å². The normalized spacial score (nSPS) is 22.5. The molecule has 0 bridgehead atoms. The third-order valence-electron chi connectivity index (χ3n) is 7.74. The number of thioether (sulfide) groups is 1. The molecule has 44 heavy (non-hydrogen) atoms. The average molecular weight is 649 g/mol. The minimum atomic E-state index is -4.86. The van der Waals surface area contributed by atoms with Crippen molar-refractivity contribution in [3.63, 3.8) is 0 Å². The van der Waals surface area contributed by atoms with E-state index in [0.717, 1.165) is 16.7 Å². The fourth-order valence-electron chi connectivity index (χ4n) is 5.30. The molecule has 0 spiro atoms. The first-order valence-electron chi connectivity index (χ1n) is 14.3. The van der Waals surface area contributed by atoms with Crippen molar-refractivity contribution in [2.24, 2.45) is 0 Å². The summed E-state index contributed by atoms with van der Waals surface area (Å²) in [6.07, 6.45) is 0.303. The number of carbonyl (C=O) groups excluding carboxylic acids is 4. The van der Waals surface area contributed by atoms with Gasteiger partial charge in [0.2, 0.25) is 18.0 Å². The van der Waals surface area contributed by atoms with Crippen LogP contribution in [-0.4, -0.2) is 88.4 Å². The molecule has 2 heterocycles. The standard InChI is InChI=1S/C24H25N3O8S2.C6H15N/c1-23(2)24(25-14-28,22(31)35-13-15-9-5-3-6-10-15)27-20(30)17(21(27)36-23)26-19(29)18(37(32,33)34)16-11-7-4-8-12-16;1-4-7(5-2)6-3/h3-12,14,17-18,21H,13H2,1-2H3,(H,25,28)(H,26,29)(H,32,33,34);4-6H2,1-3H3/t17-,18+,21+,24-;/m0./s1. The van der Waals surface area contributed by atoms with Crippen LogP contribution < -0.4 is 10.6 Å². The number of amides is 3. The molecule has 0 aliphatic carbocycles. The molecule has 2 aliphatic rings. The van der Waals surface area contributed by atoms with E-state index >= 15 is 0 Å². The minimum Gasteiger partial charge on any atom is -0.458 e. The molecule has 2 aromatic rings. The van der Waals surface area contributed by atoms with E-state index in [4.69, 9.17) is 4.74 Å². The molecule has 4 atom stereocenters. The van der Waals surface area contributed by atoms with Crippen LogP contribution in [-0.2, 0) is 40.6 Å². The van der Waals surface area contributed by atoms with Crippen molar-refractivity contribution < 1.29 is 36.9 Å². The maximum atomic E-state index is 13.4. The molecule has 2 fully saturated rings. The summed E-state index contributed by atoms with van der Waals surface area (Å²) in [5.74, 6) is -2.68. The van der Waals surface area contributed by atoms with Crippen molar-refractivity contribution in [2.45, 2.75) is 68.3 Å². The van der Waals surface area contributed by atoms with Crippen LogP contribution in [0.5, 0.6) is 0 Å². The Morgan fingerprint density at radius 3 is 2.07 bits per heavy atom. The number of hydrogen-bond acceptors (Lipinski definition) is 9. The molecule has 2 aliphatic heterocycles. The van der Waals surface area contributed by atoms with Crippen LogP contribution in [0.25, 0.3) is 0 Å². The Kier molecular flexibility index (Phi) is 11.6. The zero-order chi connectivity index (χ0) is 32.7. The molecule has 0 aromatic heterocycles. The third kappa shape index (κ3) is 7.09. The topological polar surface area (TPSA) is 162 Å². The summed E-state index contributed by atoms with van der Waals surface area (Å²) in [4.78, 5) is 54.7.